The molecule has 0 unspecified atom stereocenters. The third kappa shape index (κ3) is 4.11. The average molecular weight is 457 g/mol. The average Bonchev–Trinajstić information content (AvgIpc) is 3.32. The minimum absolute atomic E-state index is 0.00371. The number of amides is 2. The number of esters is 1. The van der Waals surface area contributed by atoms with Gasteiger partial charge >= 0.3 is 5.97 Å². The molecular weight excluding hydrogens is 440 g/mol. The Bertz CT molecular complexity index is 1150. The molecule has 4 rings (SSSR count). The fraction of sp³-hybridized carbons (Fsp3) is 0.211. The van der Waals surface area contributed by atoms with Crippen LogP contribution in [0.25, 0.3) is 0 Å². The molecule has 12 heteroatoms. The van der Waals surface area contributed by atoms with Gasteiger partial charge in [-0.2, -0.15) is 0 Å². The van der Waals surface area contributed by atoms with E-state index in [0.29, 0.717) is 26.4 Å². The predicted molar refractivity (Wildman–Crippen MR) is 114 cm³/mol. The zero-order valence-corrected chi connectivity index (χ0v) is 18.1. The molecule has 3 aromatic rings. The van der Waals surface area contributed by atoms with Crippen molar-refractivity contribution in [1.82, 2.24) is 25.1 Å². The summed E-state index contributed by atoms with van der Waals surface area (Å²) in [6.07, 6.45) is 3.20. The number of benzene rings is 1. The molecule has 0 saturated heterocycles. The molecule has 1 aliphatic rings. The quantitative estimate of drug-likeness (QED) is 0.245. The van der Waals surface area contributed by atoms with Gasteiger partial charge in [-0.15, -0.1) is 10.2 Å². The third-order valence-electron chi connectivity index (χ3n) is 4.31. The second kappa shape index (κ2) is 8.78. The van der Waals surface area contributed by atoms with Crippen LogP contribution in [0.3, 0.4) is 0 Å². The van der Waals surface area contributed by atoms with Crippen molar-refractivity contribution in [3.8, 4) is 0 Å². The smallest absolute Gasteiger partial charge is 0.343 e. The van der Waals surface area contributed by atoms with Crippen LogP contribution in [0.15, 0.2) is 35.6 Å². The van der Waals surface area contributed by atoms with Crippen LogP contribution in [0, 0.1) is 0 Å². The monoisotopic (exact) mass is 456 g/mol. The van der Waals surface area contributed by atoms with Gasteiger partial charge in [0.15, 0.2) is 11.0 Å². The number of thioether (sulfide) groups is 1. The minimum Gasteiger partial charge on any atom is -0.462 e. The van der Waals surface area contributed by atoms with E-state index < -0.39 is 5.97 Å². The van der Waals surface area contributed by atoms with Gasteiger partial charge in [-0.25, -0.2) is 14.8 Å². The van der Waals surface area contributed by atoms with Crippen LogP contribution in [0.2, 0.25) is 0 Å². The fourth-order valence-corrected chi connectivity index (χ4v) is 3.97. The Balaban J connectivity index is 1.54. The molecule has 2 amide bonds. The standard InChI is InChI=1S/C19H16N6O4S2/c1-3-29-17(28)12-8-20-18(30-2)21-14(12)22-19-24-23-13(31-19)9-25-15(26)10-6-4-5-7-11(10)16(25)27/h4-8H,3,9H2,1-2H3,(H,20,21,22,24). The number of nitrogens with zero attached hydrogens (tertiary/aromatic N) is 5. The Kier molecular flexibility index (Phi) is 5.91. The van der Waals surface area contributed by atoms with Gasteiger partial charge in [-0.1, -0.05) is 35.2 Å². The molecule has 0 spiro atoms. The molecule has 0 bridgehead atoms. The molecule has 2 aromatic heterocycles. The number of carbonyl (C=O) groups is 3. The second-order valence-corrected chi connectivity index (χ2v) is 8.04. The number of ether oxygens (including phenoxy) is 1. The number of fused-ring (bicyclic) bond motifs is 1. The van der Waals surface area contributed by atoms with Crippen LogP contribution < -0.4 is 5.32 Å². The maximum absolute atomic E-state index is 12.5. The topological polar surface area (TPSA) is 127 Å². The summed E-state index contributed by atoms with van der Waals surface area (Å²) >= 11 is 2.47. The number of imide groups is 1. The second-order valence-electron chi connectivity index (χ2n) is 6.21. The predicted octanol–water partition coefficient (Wildman–Crippen LogP) is 2.77. The van der Waals surface area contributed by atoms with Crippen molar-refractivity contribution < 1.29 is 19.1 Å². The highest BCUT2D eigenvalue weighted by Gasteiger charge is 2.35. The first-order chi connectivity index (χ1) is 15.0. The Hall–Kier alpha value is -3.38. The number of rotatable bonds is 7. The molecule has 3 heterocycles. The highest BCUT2D eigenvalue weighted by atomic mass is 32.2. The van der Waals surface area contributed by atoms with E-state index in [0.717, 1.165) is 16.2 Å². The van der Waals surface area contributed by atoms with E-state index in [2.05, 4.69) is 25.5 Å². The molecule has 1 aromatic carbocycles. The molecule has 0 aliphatic carbocycles. The van der Waals surface area contributed by atoms with Crippen molar-refractivity contribution in [3.63, 3.8) is 0 Å². The first-order valence-electron chi connectivity index (χ1n) is 9.14. The van der Waals surface area contributed by atoms with Crippen molar-refractivity contribution in [2.24, 2.45) is 0 Å². The summed E-state index contributed by atoms with van der Waals surface area (Å²) in [5.41, 5.74) is 0.914. The van der Waals surface area contributed by atoms with Crippen LogP contribution in [-0.4, -0.2) is 55.7 Å². The van der Waals surface area contributed by atoms with Crippen LogP contribution in [0.1, 0.15) is 43.0 Å². The molecule has 1 aliphatic heterocycles. The van der Waals surface area contributed by atoms with Crippen LogP contribution in [-0.2, 0) is 11.3 Å². The van der Waals surface area contributed by atoms with Gasteiger partial charge in [0.25, 0.3) is 11.8 Å². The lowest BCUT2D eigenvalue weighted by Gasteiger charge is -2.11. The first-order valence-corrected chi connectivity index (χ1v) is 11.2. The summed E-state index contributed by atoms with van der Waals surface area (Å²) in [5.74, 6) is -1.06. The van der Waals surface area contributed by atoms with Crippen molar-refractivity contribution in [2.75, 3.05) is 18.2 Å². The Morgan fingerprint density at radius 3 is 2.55 bits per heavy atom. The Labute approximate surface area is 185 Å². The zero-order chi connectivity index (χ0) is 22.0. The van der Waals surface area contributed by atoms with Gasteiger partial charge in [0.05, 0.1) is 24.3 Å². The molecule has 31 heavy (non-hydrogen) atoms. The van der Waals surface area contributed by atoms with Crippen LogP contribution in [0.5, 0.6) is 0 Å². The highest BCUT2D eigenvalue weighted by Crippen LogP contribution is 2.28. The zero-order valence-electron chi connectivity index (χ0n) is 16.5. The molecule has 10 nitrogen and oxygen atoms in total. The molecule has 1 N–H and O–H groups in total. The normalized spacial score (nSPS) is 12.8. The lowest BCUT2D eigenvalue weighted by Crippen LogP contribution is -2.29. The van der Waals surface area contributed by atoms with E-state index >= 15 is 0 Å². The lowest BCUT2D eigenvalue weighted by atomic mass is 10.1. The van der Waals surface area contributed by atoms with Gasteiger partial charge in [-0.3, -0.25) is 14.5 Å². The largest absolute Gasteiger partial charge is 0.462 e. The summed E-state index contributed by atoms with van der Waals surface area (Å²) in [6, 6.07) is 6.67. The van der Waals surface area contributed by atoms with Gasteiger partial charge < -0.3 is 10.1 Å². The minimum atomic E-state index is -0.562. The summed E-state index contributed by atoms with van der Waals surface area (Å²) in [6.45, 7) is 1.92. The van der Waals surface area contributed by atoms with Crippen molar-refractivity contribution in [1.29, 1.82) is 0 Å². The van der Waals surface area contributed by atoms with Gasteiger partial charge in [-0.05, 0) is 25.3 Å². The number of anilines is 2. The van der Waals surface area contributed by atoms with Gasteiger partial charge in [0, 0.05) is 6.20 Å². The number of hydrogen-bond donors (Lipinski definition) is 1. The SMILES string of the molecule is CCOC(=O)c1cnc(SC)nc1Nc1nnc(CN2C(=O)c3ccccc3C2=O)s1. The van der Waals surface area contributed by atoms with Crippen LogP contribution >= 0.6 is 23.1 Å². The van der Waals surface area contributed by atoms with Gasteiger partial charge in [0.1, 0.15) is 10.6 Å². The molecule has 0 fully saturated rings. The molecule has 0 atom stereocenters. The van der Waals surface area contributed by atoms with E-state index in [1.807, 2.05) is 6.26 Å². The first kappa shape index (κ1) is 20.9. The molecular formula is C19H16N6O4S2. The van der Waals surface area contributed by atoms with Crippen molar-refractivity contribution in [2.45, 2.75) is 18.6 Å². The number of aromatic nitrogens is 4. The number of carbonyl (C=O) groups excluding carboxylic acids is 3. The molecule has 0 saturated carbocycles. The summed E-state index contributed by atoms with van der Waals surface area (Å²) in [4.78, 5) is 46.8. The Morgan fingerprint density at radius 2 is 1.90 bits per heavy atom. The Morgan fingerprint density at radius 1 is 1.19 bits per heavy atom. The maximum Gasteiger partial charge on any atom is 0.343 e. The van der Waals surface area contributed by atoms with Crippen molar-refractivity contribution in [3.05, 3.63) is 52.2 Å². The molecule has 0 radical (unpaired) electrons. The van der Waals surface area contributed by atoms with Crippen molar-refractivity contribution >= 4 is 51.8 Å². The fourth-order valence-electron chi connectivity index (χ4n) is 2.90. The van der Waals surface area contributed by atoms with E-state index in [9.17, 15) is 14.4 Å². The van der Waals surface area contributed by atoms with Gasteiger partial charge in [0.2, 0.25) is 5.13 Å². The van der Waals surface area contributed by atoms with E-state index in [4.69, 9.17) is 4.74 Å². The maximum atomic E-state index is 12.5. The van der Waals surface area contributed by atoms with E-state index in [1.54, 1.807) is 31.2 Å². The van der Waals surface area contributed by atoms with E-state index in [1.165, 1.54) is 18.0 Å². The number of nitrogens with one attached hydrogen (secondary N) is 1. The lowest BCUT2D eigenvalue weighted by molar-refractivity contribution is 0.0525. The molecule has 158 valence electrons. The van der Waals surface area contributed by atoms with E-state index in [-0.39, 0.29) is 36.3 Å². The summed E-state index contributed by atoms with van der Waals surface area (Å²) < 4.78 is 5.05. The number of hydrogen-bond acceptors (Lipinski definition) is 11. The summed E-state index contributed by atoms with van der Waals surface area (Å²) in [5, 5.41) is 12.3. The highest BCUT2D eigenvalue weighted by molar-refractivity contribution is 7.98. The van der Waals surface area contributed by atoms with Crippen LogP contribution in [0.4, 0.5) is 10.9 Å². The third-order valence-corrected chi connectivity index (χ3v) is 5.69. The summed E-state index contributed by atoms with van der Waals surface area (Å²) in [7, 11) is 0.